The van der Waals surface area contributed by atoms with E-state index in [0.29, 0.717) is 31.1 Å². The zero-order valence-corrected chi connectivity index (χ0v) is 15.1. The van der Waals surface area contributed by atoms with Crippen molar-refractivity contribution in [3.05, 3.63) is 60.0 Å². The number of aromatic nitrogens is 3. The molecule has 2 aliphatic rings. The van der Waals surface area contributed by atoms with Crippen LogP contribution in [-0.4, -0.2) is 44.8 Å². The molecule has 1 aliphatic carbocycles. The number of nitrogens with zero attached hydrogens (tertiary/aromatic N) is 4. The molecule has 1 aliphatic heterocycles. The van der Waals surface area contributed by atoms with Crippen molar-refractivity contribution in [2.45, 2.75) is 32.0 Å². The summed E-state index contributed by atoms with van der Waals surface area (Å²) < 4.78 is 8.10. The van der Waals surface area contributed by atoms with Gasteiger partial charge in [-0.1, -0.05) is 6.07 Å². The maximum Gasteiger partial charge on any atom is 0.254 e. The van der Waals surface area contributed by atoms with Crippen molar-refractivity contribution >= 4 is 16.8 Å². The Morgan fingerprint density at radius 1 is 1.15 bits per heavy atom. The van der Waals surface area contributed by atoms with E-state index >= 15 is 0 Å². The summed E-state index contributed by atoms with van der Waals surface area (Å²) >= 11 is 0. The van der Waals surface area contributed by atoms with Crippen LogP contribution in [0.5, 0.6) is 0 Å². The van der Waals surface area contributed by atoms with E-state index in [-0.39, 0.29) is 12.0 Å². The smallest absolute Gasteiger partial charge is 0.254 e. The van der Waals surface area contributed by atoms with Gasteiger partial charge < -0.3 is 9.64 Å². The van der Waals surface area contributed by atoms with Crippen molar-refractivity contribution in [3.8, 4) is 0 Å². The summed E-state index contributed by atoms with van der Waals surface area (Å²) in [6.07, 6.45) is 6.05. The summed E-state index contributed by atoms with van der Waals surface area (Å²) in [5, 5.41) is 5.38. The number of carbonyl (C=O) groups excluding carboxylic acids is 1. The van der Waals surface area contributed by atoms with E-state index in [1.165, 1.54) is 12.8 Å². The molecule has 0 spiro atoms. The lowest BCUT2D eigenvalue weighted by atomic mass is 10.1. The second-order valence-corrected chi connectivity index (χ2v) is 7.50. The lowest BCUT2D eigenvalue weighted by Gasteiger charge is -2.24. The van der Waals surface area contributed by atoms with Crippen LogP contribution in [0.4, 0.5) is 0 Å². The third-order valence-corrected chi connectivity index (χ3v) is 5.36. The molecule has 0 radical (unpaired) electrons. The Morgan fingerprint density at radius 2 is 2.07 bits per heavy atom. The first-order valence-corrected chi connectivity index (χ1v) is 9.52. The van der Waals surface area contributed by atoms with Crippen LogP contribution in [-0.2, 0) is 17.8 Å². The molecule has 1 atom stereocenters. The van der Waals surface area contributed by atoms with E-state index in [1.54, 1.807) is 12.4 Å². The fraction of sp³-hybridized carbons (Fsp3) is 0.381. The second-order valence-electron chi connectivity index (χ2n) is 7.50. The highest BCUT2D eigenvalue weighted by Gasteiger charge is 2.29. The first kappa shape index (κ1) is 16.4. The Hall–Kier alpha value is -2.73. The Bertz CT molecular complexity index is 979. The molecule has 6 nitrogen and oxygen atoms in total. The number of carbonyl (C=O) groups is 1. The average molecular weight is 362 g/mol. The van der Waals surface area contributed by atoms with Crippen LogP contribution in [0.3, 0.4) is 0 Å². The molecule has 5 rings (SSSR count). The molecule has 2 aromatic heterocycles. The van der Waals surface area contributed by atoms with Crippen LogP contribution >= 0.6 is 0 Å². The largest absolute Gasteiger partial charge is 0.374 e. The molecular weight excluding hydrogens is 340 g/mol. The van der Waals surface area contributed by atoms with Crippen LogP contribution in [0.15, 0.2) is 48.8 Å². The molecule has 1 saturated carbocycles. The van der Waals surface area contributed by atoms with Crippen LogP contribution in [0.2, 0.25) is 0 Å². The van der Waals surface area contributed by atoms with E-state index in [1.807, 2.05) is 46.0 Å². The number of rotatable bonds is 4. The van der Waals surface area contributed by atoms with Crippen molar-refractivity contribution in [2.75, 3.05) is 13.2 Å². The fourth-order valence-corrected chi connectivity index (χ4v) is 3.62. The minimum Gasteiger partial charge on any atom is -0.374 e. The maximum absolute atomic E-state index is 13.2. The lowest BCUT2D eigenvalue weighted by molar-refractivity contribution is 0.0136. The molecule has 3 heterocycles. The monoisotopic (exact) mass is 362 g/mol. The molecule has 1 fully saturated rings. The number of fused-ring (bicyclic) bond motifs is 2. The summed E-state index contributed by atoms with van der Waals surface area (Å²) in [7, 11) is 0. The van der Waals surface area contributed by atoms with Gasteiger partial charge in [-0.25, -0.2) is 0 Å². The first-order valence-electron chi connectivity index (χ1n) is 9.52. The highest BCUT2D eigenvalue weighted by Crippen LogP contribution is 2.29. The molecule has 0 N–H and O–H groups in total. The third-order valence-electron chi connectivity index (χ3n) is 5.36. The second kappa shape index (κ2) is 6.78. The zero-order chi connectivity index (χ0) is 18.2. The molecular formula is C21H22N4O2. The van der Waals surface area contributed by atoms with E-state index in [4.69, 9.17) is 4.74 Å². The predicted molar refractivity (Wildman–Crippen MR) is 101 cm³/mol. The van der Waals surface area contributed by atoms with Gasteiger partial charge in [-0.2, -0.15) is 5.10 Å². The Kier molecular flexibility index (Phi) is 4.13. The summed E-state index contributed by atoms with van der Waals surface area (Å²) in [4.78, 5) is 19.5. The number of hydrogen-bond acceptors (Lipinski definition) is 4. The van der Waals surface area contributed by atoms with Gasteiger partial charge in [0.25, 0.3) is 5.91 Å². The standard InChI is InChI=1S/C21H22N4O2/c26-21(17-5-6-20-16(10-17)2-1-8-22-20)24-11-18-7-9-23-25(18)13-19(12-24)27-14-15-3-4-15/h1-2,5-10,15,19H,3-4,11-14H2/t19-/m1/s1. The summed E-state index contributed by atoms with van der Waals surface area (Å²) in [6, 6.07) is 11.5. The van der Waals surface area contributed by atoms with E-state index in [9.17, 15) is 4.79 Å². The predicted octanol–water partition coefficient (Wildman–Crippen LogP) is 2.88. The van der Waals surface area contributed by atoms with Gasteiger partial charge in [0, 0.05) is 36.5 Å². The minimum absolute atomic E-state index is 0.0235. The molecule has 1 amide bonds. The number of benzene rings is 1. The summed E-state index contributed by atoms with van der Waals surface area (Å²) in [5.41, 5.74) is 2.63. The van der Waals surface area contributed by atoms with E-state index in [2.05, 4.69) is 10.1 Å². The highest BCUT2D eigenvalue weighted by molar-refractivity contribution is 5.97. The van der Waals surface area contributed by atoms with Gasteiger partial charge in [-0.3, -0.25) is 14.5 Å². The molecule has 138 valence electrons. The van der Waals surface area contributed by atoms with Crippen molar-refractivity contribution in [3.63, 3.8) is 0 Å². The van der Waals surface area contributed by atoms with Crippen molar-refractivity contribution in [1.82, 2.24) is 19.7 Å². The van der Waals surface area contributed by atoms with Gasteiger partial charge in [-0.15, -0.1) is 0 Å². The Balaban J connectivity index is 1.41. The highest BCUT2D eigenvalue weighted by atomic mass is 16.5. The van der Waals surface area contributed by atoms with Crippen LogP contribution < -0.4 is 0 Å². The van der Waals surface area contributed by atoms with Crippen molar-refractivity contribution in [2.24, 2.45) is 5.92 Å². The third kappa shape index (κ3) is 3.45. The number of ether oxygens (including phenoxy) is 1. The van der Waals surface area contributed by atoms with E-state index < -0.39 is 0 Å². The van der Waals surface area contributed by atoms with Crippen LogP contribution in [0.25, 0.3) is 10.9 Å². The lowest BCUT2D eigenvalue weighted by Crippen LogP contribution is -2.37. The average Bonchev–Trinajstić information content (AvgIpc) is 3.47. The zero-order valence-electron chi connectivity index (χ0n) is 15.1. The fourth-order valence-electron chi connectivity index (χ4n) is 3.62. The van der Waals surface area contributed by atoms with Gasteiger partial charge in [0.2, 0.25) is 0 Å². The quantitative estimate of drug-likeness (QED) is 0.716. The van der Waals surface area contributed by atoms with Gasteiger partial charge >= 0.3 is 0 Å². The van der Waals surface area contributed by atoms with Gasteiger partial charge in [0.1, 0.15) is 0 Å². The molecule has 3 aromatic rings. The molecule has 0 saturated heterocycles. The molecule has 0 bridgehead atoms. The normalized spacial score (nSPS) is 19.7. The SMILES string of the molecule is O=C(c1ccc2ncccc2c1)N1Cc2ccnn2C[C@H](OCC2CC2)C1. The van der Waals surface area contributed by atoms with Gasteiger partial charge in [0.15, 0.2) is 0 Å². The van der Waals surface area contributed by atoms with Crippen molar-refractivity contribution < 1.29 is 9.53 Å². The minimum atomic E-state index is -0.0298. The summed E-state index contributed by atoms with van der Waals surface area (Å²) in [6.45, 7) is 2.61. The molecule has 27 heavy (non-hydrogen) atoms. The summed E-state index contributed by atoms with van der Waals surface area (Å²) in [5.74, 6) is 0.720. The van der Waals surface area contributed by atoms with Gasteiger partial charge in [-0.05, 0) is 49.1 Å². The topological polar surface area (TPSA) is 60.2 Å². The number of amides is 1. The van der Waals surface area contributed by atoms with Gasteiger partial charge in [0.05, 0.1) is 30.4 Å². The molecule has 1 aromatic carbocycles. The van der Waals surface area contributed by atoms with Crippen LogP contribution in [0, 0.1) is 5.92 Å². The van der Waals surface area contributed by atoms with Crippen LogP contribution in [0.1, 0.15) is 28.9 Å². The molecule has 6 heteroatoms. The first-order chi connectivity index (χ1) is 13.3. The molecule has 0 unspecified atom stereocenters. The van der Waals surface area contributed by atoms with E-state index in [0.717, 1.165) is 23.2 Å². The van der Waals surface area contributed by atoms with Crippen molar-refractivity contribution in [1.29, 1.82) is 0 Å². The number of hydrogen-bond donors (Lipinski definition) is 0. The Morgan fingerprint density at radius 3 is 2.96 bits per heavy atom. The number of pyridine rings is 1. The maximum atomic E-state index is 13.2. The Labute approximate surface area is 157 Å².